The Bertz CT molecular complexity index is 623. The summed E-state index contributed by atoms with van der Waals surface area (Å²) >= 11 is 0. The summed E-state index contributed by atoms with van der Waals surface area (Å²) in [5.74, 6) is -0.309. The van der Waals surface area contributed by atoms with Crippen molar-refractivity contribution in [2.45, 2.75) is 25.8 Å². The number of amides is 1. The van der Waals surface area contributed by atoms with E-state index in [1.54, 1.807) is 26.0 Å². The molecule has 0 aliphatic heterocycles. The van der Waals surface area contributed by atoms with E-state index in [0.29, 0.717) is 23.5 Å². The molecule has 0 unspecified atom stereocenters. The molecule has 1 atom stereocenters. The van der Waals surface area contributed by atoms with Gasteiger partial charge in [-0.15, -0.1) is 0 Å². The molecule has 0 bridgehead atoms. The Morgan fingerprint density at radius 1 is 1.30 bits per heavy atom. The van der Waals surface area contributed by atoms with E-state index < -0.39 is 17.4 Å². The van der Waals surface area contributed by atoms with Crippen molar-refractivity contribution >= 4 is 11.9 Å². The molecule has 0 heterocycles. The second-order valence-corrected chi connectivity index (χ2v) is 4.99. The Balaban J connectivity index is 2.73. The molecule has 23 heavy (non-hydrogen) atoms. The highest BCUT2D eigenvalue weighted by atomic mass is 16.5. The molecule has 1 aromatic rings. The molecule has 7 heteroatoms. The molecular formula is C16H20N2O5. The third kappa shape index (κ3) is 4.61. The van der Waals surface area contributed by atoms with Crippen LogP contribution in [-0.2, 0) is 14.3 Å². The summed E-state index contributed by atoms with van der Waals surface area (Å²) < 4.78 is 15.2. The molecule has 0 fully saturated rings. The third-order valence-electron chi connectivity index (χ3n) is 3.41. The highest BCUT2D eigenvalue weighted by Crippen LogP contribution is 2.27. The molecule has 0 aromatic heterocycles. The summed E-state index contributed by atoms with van der Waals surface area (Å²) in [6, 6.07) is 6.60. The number of carbonyl (C=O) groups excluding carboxylic acids is 2. The normalized spacial score (nSPS) is 12.5. The first-order valence-electron chi connectivity index (χ1n) is 7.00. The minimum atomic E-state index is -1.11. The molecule has 1 N–H and O–H groups in total. The van der Waals surface area contributed by atoms with Crippen LogP contribution in [0.1, 0.15) is 25.8 Å². The molecule has 0 radical (unpaired) electrons. The number of esters is 1. The first-order chi connectivity index (χ1) is 10.9. The Labute approximate surface area is 135 Å². The van der Waals surface area contributed by atoms with Gasteiger partial charge in [0, 0.05) is 6.07 Å². The number of nitriles is 1. The molecule has 1 amide bonds. The number of methoxy groups -OCH3 is 2. The molecule has 124 valence electrons. The van der Waals surface area contributed by atoms with Crippen LogP contribution in [0.5, 0.6) is 11.5 Å². The standard InChI is InChI=1S/C16H20N2O5/c1-5-16(2,15(20)22-4)18-14(19)10-23-12-7-6-11(9-17)8-13(12)21-3/h6-8H,5,10H2,1-4H3,(H,18,19)/t16-/m0/s1. The van der Waals surface area contributed by atoms with Crippen LogP contribution in [0.25, 0.3) is 0 Å². The van der Waals surface area contributed by atoms with Crippen LogP contribution >= 0.6 is 0 Å². The van der Waals surface area contributed by atoms with Gasteiger partial charge in [0.1, 0.15) is 5.54 Å². The smallest absolute Gasteiger partial charge is 0.331 e. The quantitative estimate of drug-likeness (QED) is 0.763. The van der Waals surface area contributed by atoms with Gasteiger partial charge in [0.2, 0.25) is 0 Å². The Morgan fingerprint density at radius 2 is 2.00 bits per heavy atom. The van der Waals surface area contributed by atoms with E-state index in [1.807, 2.05) is 6.07 Å². The lowest BCUT2D eigenvalue weighted by molar-refractivity contribution is -0.150. The summed E-state index contributed by atoms with van der Waals surface area (Å²) in [4.78, 5) is 23.7. The van der Waals surface area contributed by atoms with E-state index in [0.717, 1.165) is 0 Å². The number of carbonyl (C=O) groups is 2. The molecular weight excluding hydrogens is 300 g/mol. The van der Waals surface area contributed by atoms with Crippen LogP contribution in [0.15, 0.2) is 18.2 Å². The summed E-state index contributed by atoms with van der Waals surface area (Å²) in [6.07, 6.45) is 0.381. The molecule has 1 rings (SSSR count). The highest BCUT2D eigenvalue weighted by molar-refractivity contribution is 5.88. The fraction of sp³-hybridized carbons (Fsp3) is 0.438. The molecule has 0 spiro atoms. The van der Waals surface area contributed by atoms with Gasteiger partial charge in [-0.25, -0.2) is 4.79 Å². The lowest BCUT2D eigenvalue weighted by Gasteiger charge is -2.26. The molecule has 1 aromatic carbocycles. The van der Waals surface area contributed by atoms with Crippen molar-refractivity contribution in [2.24, 2.45) is 0 Å². The maximum absolute atomic E-state index is 12.0. The van der Waals surface area contributed by atoms with E-state index in [1.165, 1.54) is 20.3 Å². The maximum atomic E-state index is 12.0. The molecule has 0 aliphatic rings. The minimum Gasteiger partial charge on any atom is -0.493 e. The number of hydrogen-bond donors (Lipinski definition) is 1. The maximum Gasteiger partial charge on any atom is 0.331 e. The van der Waals surface area contributed by atoms with Crippen LogP contribution in [0.3, 0.4) is 0 Å². The molecule has 7 nitrogen and oxygen atoms in total. The van der Waals surface area contributed by atoms with Gasteiger partial charge in [-0.1, -0.05) is 6.92 Å². The van der Waals surface area contributed by atoms with Crippen molar-refractivity contribution < 1.29 is 23.8 Å². The zero-order chi connectivity index (χ0) is 17.5. The second-order valence-electron chi connectivity index (χ2n) is 4.99. The first kappa shape index (κ1) is 18.3. The van der Waals surface area contributed by atoms with Crippen molar-refractivity contribution in [3.63, 3.8) is 0 Å². The van der Waals surface area contributed by atoms with Gasteiger partial charge in [-0.2, -0.15) is 5.26 Å². The number of rotatable bonds is 7. The van der Waals surface area contributed by atoms with Gasteiger partial charge in [0.15, 0.2) is 18.1 Å². The zero-order valence-corrected chi connectivity index (χ0v) is 13.6. The Hall–Kier alpha value is -2.75. The van der Waals surface area contributed by atoms with Gasteiger partial charge in [-0.05, 0) is 25.5 Å². The summed E-state index contributed by atoms with van der Waals surface area (Å²) in [7, 11) is 2.70. The SMILES string of the molecule is CC[C@](C)(NC(=O)COc1ccc(C#N)cc1OC)C(=O)OC. The van der Waals surface area contributed by atoms with Crippen molar-refractivity contribution in [2.75, 3.05) is 20.8 Å². The summed E-state index contributed by atoms with van der Waals surface area (Å²) in [5, 5.41) is 11.4. The van der Waals surface area contributed by atoms with Crippen molar-refractivity contribution in [3.8, 4) is 17.6 Å². The van der Waals surface area contributed by atoms with Crippen LogP contribution < -0.4 is 14.8 Å². The van der Waals surface area contributed by atoms with Gasteiger partial charge in [0.05, 0.1) is 25.9 Å². The van der Waals surface area contributed by atoms with Gasteiger partial charge in [0.25, 0.3) is 5.91 Å². The number of benzene rings is 1. The van der Waals surface area contributed by atoms with Gasteiger partial charge < -0.3 is 19.5 Å². The van der Waals surface area contributed by atoms with Crippen LogP contribution in [0.2, 0.25) is 0 Å². The zero-order valence-electron chi connectivity index (χ0n) is 13.6. The van der Waals surface area contributed by atoms with E-state index in [9.17, 15) is 9.59 Å². The highest BCUT2D eigenvalue weighted by Gasteiger charge is 2.34. The summed E-state index contributed by atoms with van der Waals surface area (Å²) in [5.41, 5.74) is -0.688. The average Bonchev–Trinajstić information content (AvgIpc) is 2.58. The largest absolute Gasteiger partial charge is 0.493 e. The predicted octanol–water partition coefficient (Wildman–Crippen LogP) is 1.40. The number of hydrogen-bond acceptors (Lipinski definition) is 6. The molecule has 0 saturated carbocycles. The van der Waals surface area contributed by atoms with Crippen LogP contribution in [-0.4, -0.2) is 38.2 Å². The number of nitrogens with one attached hydrogen (secondary N) is 1. The lowest BCUT2D eigenvalue weighted by Crippen LogP contribution is -2.53. The minimum absolute atomic E-state index is 0.297. The van der Waals surface area contributed by atoms with E-state index in [2.05, 4.69) is 10.1 Å². The predicted molar refractivity (Wildman–Crippen MR) is 82.1 cm³/mol. The average molecular weight is 320 g/mol. The molecule has 0 aliphatic carbocycles. The van der Waals surface area contributed by atoms with Crippen molar-refractivity contribution in [1.29, 1.82) is 5.26 Å². The Morgan fingerprint density at radius 3 is 2.52 bits per heavy atom. The number of ether oxygens (including phenoxy) is 3. The van der Waals surface area contributed by atoms with E-state index in [4.69, 9.17) is 14.7 Å². The first-order valence-corrected chi connectivity index (χ1v) is 7.00. The monoisotopic (exact) mass is 320 g/mol. The van der Waals surface area contributed by atoms with E-state index in [-0.39, 0.29) is 6.61 Å². The van der Waals surface area contributed by atoms with E-state index >= 15 is 0 Å². The van der Waals surface area contributed by atoms with Crippen molar-refractivity contribution in [1.82, 2.24) is 5.32 Å². The lowest BCUT2D eigenvalue weighted by atomic mass is 9.99. The van der Waals surface area contributed by atoms with Crippen LogP contribution in [0.4, 0.5) is 0 Å². The van der Waals surface area contributed by atoms with Gasteiger partial charge >= 0.3 is 5.97 Å². The molecule has 0 saturated heterocycles. The topological polar surface area (TPSA) is 97.6 Å². The fourth-order valence-electron chi connectivity index (χ4n) is 1.85. The third-order valence-corrected chi connectivity index (χ3v) is 3.41. The fourth-order valence-corrected chi connectivity index (χ4v) is 1.85. The Kier molecular flexibility index (Phi) is 6.39. The summed E-state index contributed by atoms with van der Waals surface area (Å²) in [6.45, 7) is 3.05. The van der Waals surface area contributed by atoms with Gasteiger partial charge in [-0.3, -0.25) is 4.79 Å². The number of nitrogens with zero attached hydrogens (tertiary/aromatic N) is 1. The van der Waals surface area contributed by atoms with Crippen LogP contribution in [0, 0.1) is 11.3 Å². The van der Waals surface area contributed by atoms with Crippen molar-refractivity contribution in [3.05, 3.63) is 23.8 Å². The second kappa shape index (κ2) is 8.03.